The SMILES string of the molecule is C=C(Cl)CNCC1CN2CCCC2CO1. The second-order valence-electron chi connectivity index (χ2n) is 4.39. The van der Waals surface area contributed by atoms with Crippen LogP contribution in [0.15, 0.2) is 11.6 Å². The van der Waals surface area contributed by atoms with Gasteiger partial charge < -0.3 is 10.1 Å². The van der Waals surface area contributed by atoms with Crippen LogP contribution in [0.2, 0.25) is 0 Å². The molecule has 0 amide bonds. The highest BCUT2D eigenvalue weighted by atomic mass is 35.5. The zero-order valence-electron chi connectivity index (χ0n) is 9.04. The van der Waals surface area contributed by atoms with Crippen LogP contribution >= 0.6 is 11.6 Å². The molecule has 0 spiro atoms. The van der Waals surface area contributed by atoms with Crippen molar-refractivity contribution in [2.24, 2.45) is 0 Å². The monoisotopic (exact) mass is 230 g/mol. The lowest BCUT2D eigenvalue weighted by Crippen LogP contribution is -2.49. The number of hydrogen-bond acceptors (Lipinski definition) is 3. The van der Waals surface area contributed by atoms with E-state index in [1.165, 1.54) is 19.4 Å². The zero-order valence-corrected chi connectivity index (χ0v) is 9.80. The van der Waals surface area contributed by atoms with Gasteiger partial charge in [-0.2, -0.15) is 0 Å². The van der Waals surface area contributed by atoms with Crippen LogP contribution in [0.3, 0.4) is 0 Å². The first kappa shape index (κ1) is 11.4. The van der Waals surface area contributed by atoms with Crippen LogP contribution in [0.1, 0.15) is 12.8 Å². The number of hydrogen-bond donors (Lipinski definition) is 1. The Hall–Kier alpha value is -0.0900. The molecule has 0 aliphatic carbocycles. The molecule has 2 aliphatic rings. The van der Waals surface area contributed by atoms with Crippen LogP contribution in [0.4, 0.5) is 0 Å². The summed E-state index contributed by atoms with van der Waals surface area (Å²) < 4.78 is 5.80. The number of rotatable bonds is 4. The van der Waals surface area contributed by atoms with Gasteiger partial charge in [0, 0.05) is 30.7 Å². The topological polar surface area (TPSA) is 24.5 Å². The molecule has 1 N–H and O–H groups in total. The lowest BCUT2D eigenvalue weighted by atomic mass is 10.2. The number of nitrogens with one attached hydrogen (secondary N) is 1. The fourth-order valence-electron chi connectivity index (χ4n) is 2.38. The van der Waals surface area contributed by atoms with Crippen LogP contribution in [-0.4, -0.2) is 49.8 Å². The largest absolute Gasteiger partial charge is 0.374 e. The van der Waals surface area contributed by atoms with Crippen LogP contribution in [0, 0.1) is 0 Å². The maximum absolute atomic E-state index is 5.80. The van der Waals surface area contributed by atoms with Gasteiger partial charge in [0.1, 0.15) is 0 Å². The van der Waals surface area contributed by atoms with Crippen LogP contribution in [0.25, 0.3) is 0 Å². The average Bonchev–Trinajstić information content (AvgIpc) is 2.64. The first-order valence-electron chi connectivity index (χ1n) is 5.65. The number of fused-ring (bicyclic) bond motifs is 1. The normalized spacial score (nSPS) is 31.5. The van der Waals surface area contributed by atoms with Gasteiger partial charge >= 0.3 is 0 Å². The van der Waals surface area contributed by atoms with E-state index in [1.54, 1.807) is 0 Å². The van der Waals surface area contributed by atoms with Gasteiger partial charge in [0.2, 0.25) is 0 Å². The van der Waals surface area contributed by atoms with Gasteiger partial charge in [0.25, 0.3) is 0 Å². The zero-order chi connectivity index (χ0) is 10.7. The molecule has 0 aromatic heterocycles. The first-order chi connectivity index (χ1) is 7.25. The van der Waals surface area contributed by atoms with Crippen molar-refractivity contribution in [1.82, 2.24) is 10.2 Å². The summed E-state index contributed by atoms with van der Waals surface area (Å²) in [5.74, 6) is 0. The lowest BCUT2D eigenvalue weighted by Gasteiger charge is -2.35. The highest BCUT2D eigenvalue weighted by molar-refractivity contribution is 6.29. The molecule has 2 unspecified atom stereocenters. The van der Waals surface area contributed by atoms with Crippen molar-refractivity contribution >= 4 is 11.6 Å². The fraction of sp³-hybridized carbons (Fsp3) is 0.818. The standard InChI is InChI=1S/C11H19ClN2O/c1-9(12)5-13-6-11-7-14-4-2-3-10(14)8-15-11/h10-11,13H,1-8H2. The van der Waals surface area contributed by atoms with Gasteiger partial charge in [-0.1, -0.05) is 18.2 Å². The summed E-state index contributed by atoms with van der Waals surface area (Å²) >= 11 is 5.68. The van der Waals surface area contributed by atoms with Gasteiger partial charge in [0.15, 0.2) is 0 Å². The molecule has 0 aromatic carbocycles. The molecule has 2 heterocycles. The minimum Gasteiger partial charge on any atom is -0.374 e. The van der Waals surface area contributed by atoms with Gasteiger partial charge in [-0.05, 0) is 19.4 Å². The highest BCUT2D eigenvalue weighted by Crippen LogP contribution is 2.22. The lowest BCUT2D eigenvalue weighted by molar-refractivity contribution is -0.0465. The minimum atomic E-state index is 0.315. The first-order valence-corrected chi connectivity index (χ1v) is 6.03. The summed E-state index contributed by atoms with van der Waals surface area (Å²) in [6.07, 6.45) is 2.95. The molecule has 0 aromatic rings. The third-order valence-corrected chi connectivity index (χ3v) is 3.28. The summed E-state index contributed by atoms with van der Waals surface area (Å²) in [5, 5.41) is 3.91. The van der Waals surface area contributed by atoms with Gasteiger partial charge in [0.05, 0.1) is 12.7 Å². The summed E-state index contributed by atoms with van der Waals surface area (Å²) in [5.41, 5.74) is 0. The van der Waals surface area contributed by atoms with E-state index in [4.69, 9.17) is 16.3 Å². The fourth-order valence-corrected chi connectivity index (χ4v) is 2.47. The van der Waals surface area contributed by atoms with E-state index in [0.717, 1.165) is 19.7 Å². The molecule has 2 atom stereocenters. The quantitative estimate of drug-likeness (QED) is 0.786. The summed E-state index contributed by atoms with van der Waals surface area (Å²) in [7, 11) is 0. The Morgan fingerprint density at radius 2 is 2.47 bits per heavy atom. The van der Waals surface area contributed by atoms with Crippen LogP contribution < -0.4 is 5.32 Å². The molecule has 3 nitrogen and oxygen atoms in total. The van der Waals surface area contributed by atoms with E-state index in [-0.39, 0.29) is 0 Å². The predicted molar refractivity (Wildman–Crippen MR) is 62.2 cm³/mol. The van der Waals surface area contributed by atoms with E-state index >= 15 is 0 Å². The van der Waals surface area contributed by atoms with Crippen LogP contribution in [0.5, 0.6) is 0 Å². The highest BCUT2D eigenvalue weighted by Gasteiger charge is 2.31. The van der Waals surface area contributed by atoms with Crippen molar-refractivity contribution in [2.45, 2.75) is 25.0 Å². The second-order valence-corrected chi connectivity index (χ2v) is 4.93. The van der Waals surface area contributed by atoms with E-state index in [9.17, 15) is 0 Å². The molecule has 0 bridgehead atoms. The molecule has 0 radical (unpaired) electrons. The summed E-state index contributed by atoms with van der Waals surface area (Å²) in [6, 6.07) is 0.684. The molecule has 4 heteroatoms. The Morgan fingerprint density at radius 3 is 3.27 bits per heavy atom. The molecular formula is C11H19ClN2O. The van der Waals surface area contributed by atoms with E-state index in [0.29, 0.717) is 23.7 Å². The molecule has 2 fully saturated rings. The number of nitrogens with zero attached hydrogens (tertiary/aromatic N) is 1. The van der Waals surface area contributed by atoms with Crippen LogP contribution in [-0.2, 0) is 4.74 Å². The van der Waals surface area contributed by atoms with E-state index in [2.05, 4.69) is 16.8 Å². The van der Waals surface area contributed by atoms with Gasteiger partial charge in [-0.15, -0.1) is 0 Å². The molecule has 2 rings (SSSR count). The minimum absolute atomic E-state index is 0.315. The van der Waals surface area contributed by atoms with Gasteiger partial charge in [-0.25, -0.2) is 0 Å². The van der Waals surface area contributed by atoms with Crippen molar-refractivity contribution in [3.63, 3.8) is 0 Å². The maximum Gasteiger partial charge on any atom is 0.0827 e. The molecule has 0 saturated carbocycles. The Kier molecular flexibility index (Phi) is 4.03. The Morgan fingerprint density at radius 1 is 1.60 bits per heavy atom. The third-order valence-electron chi connectivity index (χ3n) is 3.15. The molecule has 15 heavy (non-hydrogen) atoms. The van der Waals surface area contributed by atoms with Crippen molar-refractivity contribution in [1.29, 1.82) is 0 Å². The average molecular weight is 231 g/mol. The Bertz CT molecular complexity index is 235. The Labute approximate surface area is 96.4 Å². The second kappa shape index (κ2) is 5.30. The number of halogens is 1. The van der Waals surface area contributed by atoms with Gasteiger partial charge in [-0.3, -0.25) is 4.90 Å². The number of morpholine rings is 1. The van der Waals surface area contributed by atoms with E-state index < -0.39 is 0 Å². The molecular weight excluding hydrogens is 212 g/mol. The Balaban J connectivity index is 1.68. The smallest absolute Gasteiger partial charge is 0.0827 e. The van der Waals surface area contributed by atoms with Crippen molar-refractivity contribution in [2.75, 3.05) is 32.8 Å². The number of ether oxygens (including phenoxy) is 1. The summed E-state index contributed by atoms with van der Waals surface area (Å²) in [4.78, 5) is 2.55. The molecule has 86 valence electrons. The summed E-state index contributed by atoms with van der Waals surface area (Å²) in [6.45, 7) is 8.39. The predicted octanol–water partition coefficient (Wildman–Crippen LogP) is 1.19. The van der Waals surface area contributed by atoms with Crippen molar-refractivity contribution in [3.05, 3.63) is 11.6 Å². The molecule has 2 saturated heterocycles. The van der Waals surface area contributed by atoms with E-state index in [1.807, 2.05) is 0 Å². The third kappa shape index (κ3) is 3.18. The van der Waals surface area contributed by atoms with Crippen molar-refractivity contribution in [3.8, 4) is 0 Å². The maximum atomic E-state index is 5.80. The van der Waals surface area contributed by atoms with Crippen molar-refractivity contribution < 1.29 is 4.74 Å². The molecule has 2 aliphatic heterocycles.